The van der Waals surface area contributed by atoms with Crippen molar-refractivity contribution in [3.05, 3.63) is 0 Å². The molecule has 2 aliphatic heterocycles. The van der Waals surface area contributed by atoms with E-state index in [2.05, 4.69) is 25.7 Å². The molecule has 2 rings (SSSR count). The minimum Gasteiger partial charge on any atom is -0.347 e. The summed E-state index contributed by atoms with van der Waals surface area (Å²) in [6.45, 7) is 10.2. The summed E-state index contributed by atoms with van der Waals surface area (Å²) < 4.78 is 11.3. The summed E-state index contributed by atoms with van der Waals surface area (Å²) in [5.74, 6) is -0.245. The number of nitrogens with zero attached hydrogens (tertiary/aromatic N) is 1. The molecule has 2 heterocycles. The van der Waals surface area contributed by atoms with Gasteiger partial charge < -0.3 is 9.47 Å². The second kappa shape index (κ2) is 2.94. The first kappa shape index (κ1) is 9.44. The van der Waals surface area contributed by atoms with Crippen LogP contribution in [-0.4, -0.2) is 42.5 Å². The fourth-order valence-electron chi connectivity index (χ4n) is 1.81. The minimum atomic E-state index is -0.245. The average molecular weight is 185 g/mol. The van der Waals surface area contributed by atoms with E-state index in [-0.39, 0.29) is 11.3 Å². The Labute approximate surface area is 80.0 Å². The zero-order valence-electron chi connectivity index (χ0n) is 8.80. The Morgan fingerprint density at radius 1 is 1.08 bits per heavy atom. The van der Waals surface area contributed by atoms with Crippen LogP contribution in [0.5, 0.6) is 0 Å². The molecule has 0 N–H and O–H groups in total. The van der Waals surface area contributed by atoms with E-state index < -0.39 is 0 Å². The zero-order chi connectivity index (χ0) is 9.53. The van der Waals surface area contributed by atoms with Crippen LogP contribution in [0.25, 0.3) is 0 Å². The van der Waals surface area contributed by atoms with Gasteiger partial charge in [0.2, 0.25) is 0 Å². The molecule has 2 fully saturated rings. The molecule has 0 aromatic carbocycles. The van der Waals surface area contributed by atoms with Crippen molar-refractivity contribution < 1.29 is 9.47 Å². The van der Waals surface area contributed by atoms with Crippen LogP contribution in [0.3, 0.4) is 0 Å². The van der Waals surface area contributed by atoms with E-state index in [4.69, 9.17) is 9.47 Å². The van der Waals surface area contributed by atoms with Crippen molar-refractivity contribution in [2.45, 2.75) is 38.5 Å². The second-order valence-electron chi connectivity index (χ2n) is 4.99. The molecule has 76 valence electrons. The fourth-order valence-corrected chi connectivity index (χ4v) is 1.81. The summed E-state index contributed by atoms with van der Waals surface area (Å²) in [6.07, 6.45) is 1.04. The molecule has 1 spiro atoms. The average Bonchev–Trinajstić information content (AvgIpc) is 2.00. The molecule has 3 heteroatoms. The molecular weight excluding hydrogens is 166 g/mol. The van der Waals surface area contributed by atoms with Crippen LogP contribution in [0.4, 0.5) is 0 Å². The molecular formula is C10H19NO2. The van der Waals surface area contributed by atoms with Gasteiger partial charge in [-0.05, 0) is 27.2 Å². The molecule has 0 saturated carbocycles. The topological polar surface area (TPSA) is 21.7 Å². The van der Waals surface area contributed by atoms with E-state index in [0.29, 0.717) is 0 Å². The van der Waals surface area contributed by atoms with Gasteiger partial charge in [0, 0.05) is 5.54 Å². The normalized spacial score (nSPS) is 28.8. The quantitative estimate of drug-likeness (QED) is 0.566. The molecule has 0 aromatic rings. The Morgan fingerprint density at radius 2 is 1.62 bits per heavy atom. The predicted molar refractivity (Wildman–Crippen MR) is 50.6 cm³/mol. The van der Waals surface area contributed by atoms with Crippen LogP contribution in [0.2, 0.25) is 0 Å². The third-order valence-electron chi connectivity index (χ3n) is 2.83. The van der Waals surface area contributed by atoms with Gasteiger partial charge in [0.25, 0.3) is 0 Å². The maximum atomic E-state index is 5.66. The third kappa shape index (κ3) is 1.73. The molecule has 2 aliphatic rings. The lowest BCUT2D eigenvalue weighted by Gasteiger charge is -2.55. The van der Waals surface area contributed by atoms with Gasteiger partial charge in [-0.2, -0.15) is 0 Å². The number of ether oxygens (including phenoxy) is 2. The van der Waals surface area contributed by atoms with Crippen LogP contribution in [-0.2, 0) is 9.47 Å². The number of hydrogen-bond acceptors (Lipinski definition) is 3. The van der Waals surface area contributed by atoms with Gasteiger partial charge >= 0.3 is 0 Å². The Balaban J connectivity index is 1.88. The molecule has 0 atom stereocenters. The van der Waals surface area contributed by atoms with Crippen molar-refractivity contribution in [1.82, 2.24) is 4.90 Å². The predicted octanol–water partition coefficient (Wildman–Crippen LogP) is 1.23. The summed E-state index contributed by atoms with van der Waals surface area (Å²) in [4.78, 5) is 2.39. The molecule has 0 bridgehead atoms. The summed E-state index contributed by atoms with van der Waals surface area (Å²) in [5.41, 5.74) is 0.245. The van der Waals surface area contributed by atoms with Crippen LogP contribution in [0.15, 0.2) is 0 Å². The first-order valence-corrected chi connectivity index (χ1v) is 5.05. The van der Waals surface area contributed by atoms with Gasteiger partial charge in [-0.1, -0.05) is 0 Å². The van der Waals surface area contributed by atoms with E-state index >= 15 is 0 Å². The van der Waals surface area contributed by atoms with Crippen molar-refractivity contribution >= 4 is 0 Å². The maximum Gasteiger partial charge on any atom is 0.193 e. The molecule has 2 saturated heterocycles. The van der Waals surface area contributed by atoms with Gasteiger partial charge in [0.05, 0.1) is 26.3 Å². The largest absolute Gasteiger partial charge is 0.347 e. The van der Waals surface area contributed by atoms with Gasteiger partial charge in [0.1, 0.15) is 0 Å². The molecule has 0 amide bonds. The lowest BCUT2D eigenvalue weighted by molar-refractivity contribution is -0.331. The standard InChI is InChI=1S/C10H19NO2/c1-9(2,3)11-7-10(8-11)12-5-4-6-13-10/h4-8H2,1-3H3. The highest BCUT2D eigenvalue weighted by Gasteiger charge is 2.49. The SMILES string of the molecule is CC(C)(C)N1CC2(C1)OCCCO2. The lowest BCUT2D eigenvalue weighted by atomic mass is 9.96. The van der Waals surface area contributed by atoms with Crippen molar-refractivity contribution in [3.63, 3.8) is 0 Å². The summed E-state index contributed by atoms with van der Waals surface area (Å²) in [6, 6.07) is 0. The highest BCUT2D eigenvalue weighted by atomic mass is 16.7. The first-order valence-electron chi connectivity index (χ1n) is 5.05. The first-order chi connectivity index (χ1) is 6.02. The van der Waals surface area contributed by atoms with E-state index in [1.807, 2.05) is 0 Å². The fraction of sp³-hybridized carbons (Fsp3) is 1.00. The molecule has 0 unspecified atom stereocenters. The van der Waals surface area contributed by atoms with Crippen molar-refractivity contribution in [2.75, 3.05) is 26.3 Å². The van der Waals surface area contributed by atoms with Gasteiger partial charge in [-0.3, -0.25) is 4.90 Å². The Bertz CT molecular complexity index is 184. The highest BCUT2D eigenvalue weighted by molar-refractivity contribution is 4.96. The van der Waals surface area contributed by atoms with Gasteiger partial charge in [-0.25, -0.2) is 0 Å². The molecule has 0 aliphatic carbocycles. The molecule has 3 nitrogen and oxygen atoms in total. The molecule has 13 heavy (non-hydrogen) atoms. The van der Waals surface area contributed by atoms with Crippen LogP contribution >= 0.6 is 0 Å². The lowest BCUT2D eigenvalue weighted by Crippen LogP contribution is -2.70. The highest BCUT2D eigenvalue weighted by Crippen LogP contribution is 2.34. The summed E-state index contributed by atoms with van der Waals surface area (Å²) in [7, 11) is 0. The van der Waals surface area contributed by atoms with Gasteiger partial charge in [0.15, 0.2) is 5.79 Å². The molecule has 0 aromatic heterocycles. The van der Waals surface area contributed by atoms with Crippen LogP contribution < -0.4 is 0 Å². The third-order valence-corrected chi connectivity index (χ3v) is 2.83. The van der Waals surface area contributed by atoms with E-state index in [9.17, 15) is 0 Å². The second-order valence-corrected chi connectivity index (χ2v) is 4.99. The summed E-state index contributed by atoms with van der Waals surface area (Å²) in [5, 5.41) is 0. The Morgan fingerprint density at radius 3 is 2.08 bits per heavy atom. The number of rotatable bonds is 0. The monoisotopic (exact) mass is 185 g/mol. The maximum absolute atomic E-state index is 5.66. The van der Waals surface area contributed by atoms with Crippen LogP contribution in [0.1, 0.15) is 27.2 Å². The van der Waals surface area contributed by atoms with Crippen LogP contribution in [0, 0.1) is 0 Å². The van der Waals surface area contributed by atoms with E-state index in [1.54, 1.807) is 0 Å². The Hall–Kier alpha value is -0.120. The summed E-state index contributed by atoms with van der Waals surface area (Å²) >= 11 is 0. The van der Waals surface area contributed by atoms with Crippen molar-refractivity contribution in [1.29, 1.82) is 0 Å². The van der Waals surface area contributed by atoms with Crippen molar-refractivity contribution in [3.8, 4) is 0 Å². The smallest absolute Gasteiger partial charge is 0.193 e. The number of likely N-dealkylation sites (tertiary alicyclic amines) is 1. The molecule has 0 radical (unpaired) electrons. The number of hydrogen-bond donors (Lipinski definition) is 0. The Kier molecular flexibility index (Phi) is 2.13. The van der Waals surface area contributed by atoms with E-state index in [1.165, 1.54) is 0 Å². The van der Waals surface area contributed by atoms with E-state index in [0.717, 1.165) is 32.7 Å². The van der Waals surface area contributed by atoms with Gasteiger partial charge in [-0.15, -0.1) is 0 Å². The van der Waals surface area contributed by atoms with Crippen molar-refractivity contribution in [2.24, 2.45) is 0 Å². The zero-order valence-corrected chi connectivity index (χ0v) is 8.80. The minimum absolute atomic E-state index is 0.245.